The number of aromatic nitrogens is 1. The fraction of sp³-hybridized carbons (Fsp3) is 0.391. The minimum Gasteiger partial charge on any atom is -0.388 e. The van der Waals surface area contributed by atoms with E-state index in [0.29, 0.717) is 6.54 Å². The molecule has 1 saturated heterocycles. The summed E-state index contributed by atoms with van der Waals surface area (Å²) < 4.78 is 13.5. The van der Waals surface area contributed by atoms with Gasteiger partial charge in [-0.25, -0.2) is 4.39 Å². The summed E-state index contributed by atoms with van der Waals surface area (Å²) in [6.45, 7) is 4.11. The first-order valence-electron chi connectivity index (χ1n) is 10.1. The van der Waals surface area contributed by atoms with Gasteiger partial charge in [0.2, 0.25) is 0 Å². The molecule has 5 heteroatoms. The van der Waals surface area contributed by atoms with Gasteiger partial charge in [0.05, 0.1) is 5.60 Å². The van der Waals surface area contributed by atoms with Crippen LogP contribution in [0, 0.1) is 5.82 Å². The average Bonchev–Trinajstić information content (AvgIpc) is 3.10. The molecule has 0 atom stereocenters. The Hall–Kier alpha value is -2.21. The molecule has 4 nitrogen and oxygen atoms in total. The van der Waals surface area contributed by atoms with E-state index < -0.39 is 5.60 Å². The predicted molar refractivity (Wildman–Crippen MR) is 111 cm³/mol. The topological polar surface area (TPSA) is 51.3 Å². The third-order valence-corrected chi connectivity index (χ3v) is 5.84. The number of hydrogen-bond donors (Lipinski definition) is 3. The van der Waals surface area contributed by atoms with E-state index in [-0.39, 0.29) is 5.82 Å². The minimum atomic E-state index is -0.630. The van der Waals surface area contributed by atoms with E-state index in [0.717, 1.165) is 61.9 Å². The normalized spacial score (nSPS) is 17.2. The van der Waals surface area contributed by atoms with E-state index in [1.807, 2.05) is 24.4 Å². The van der Waals surface area contributed by atoms with Gasteiger partial charge in [-0.3, -0.25) is 0 Å². The molecule has 3 aromatic rings. The van der Waals surface area contributed by atoms with Crippen molar-refractivity contribution in [3.8, 4) is 0 Å². The number of nitrogens with zero attached hydrogens (tertiary/aromatic N) is 1. The van der Waals surface area contributed by atoms with Gasteiger partial charge in [-0.2, -0.15) is 0 Å². The van der Waals surface area contributed by atoms with Gasteiger partial charge in [0, 0.05) is 49.8 Å². The van der Waals surface area contributed by atoms with Crippen LogP contribution in [0.1, 0.15) is 24.0 Å². The van der Waals surface area contributed by atoms with Crippen molar-refractivity contribution in [2.45, 2.75) is 31.4 Å². The SMILES string of the molecule is OC1(CNCc2ccccc2)CCN(CCc2c[nH]c3ccc(F)cc23)CC1. The molecule has 0 aliphatic carbocycles. The molecule has 1 aromatic heterocycles. The average molecular weight is 381 g/mol. The molecule has 0 amide bonds. The van der Waals surface area contributed by atoms with Crippen LogP contribution in [0.3, 0.4) is 0 Å². The van der Waals surface area contributed by atoms with Gasteiger partial charge in [-0.05, 0) is 48.6 Å². The monoisotopic (exact) mass is 381 g/mol. The molecule has 28 heavy (non-hydrogen) atoms. The molecule has 0 radical (unpaired) electrons. The molecular weight excluding hydrogens is 353 g/mol. The third-order valence-electron chi connectivity index (χ3n) is 5.84. The number of aliphatic hydroxyl groups is 1. The molecular formula is C23H28FN3O. The number of nitrogens with one attached hydrogen (secondary N) is 2. The summed E-state index contributed by atoms with van der Waals surface area (Å²) in [7, 11) is 0. The van der Waals surface area contributed by atoms with E-state index in [9.17, 15) is 9.50 Å². The van der Waals surface area contributed by atoms with Gasteiger partial charge < -0.3 is 20.3 Å². The van der Waals surface area contributed by atoms with Crippen molar-refractivity contribution in [1.82, 2.24) is 15.2 Å². The summed E-state index contributed by atoms with van der Waals surface area (Å²) in [5.41, 5.74) is 2.74. The van der Waals surface area contributed by atoms with E-state index in [4.69, 9.17) is 0 Å². The van der Waals surface area contributed by atoms with Crippen LogP contribution in [-0.2, 0) is 13.0 Å². The Kier molecular flexibility index (Phi) is 5.76. The van der Waals surface area contributed by atoms with Crippen LogP contribution in [-0.4, -0.2) is 46.8 Å². The maximum absolute atomic E-state index is 13.5. The Morgan fingerprint density at radius 3 is 2.68 bits per heavy atom. The Balaban J connectivity index is 1.24. The summed E-state index contributed by atoms with van der Waals surface area (Å²) in [6.07, 6.45) is 4.42. The number of piperidine rings is 1. The fourth-order valence-corrected chi connectivity index (χ4v) is 4.04. The number of fused-ring (bicyclic) bond motifs is 1. The number of halogens is 1. The van der Waals surface area contributed by atoms with Crippen LogP contribution < -0.4 is 5.32 Å². The first-order valence-corrected chi connectivity index (χ1v) is 10.1. The largest absolute Gasteiger partial charge is 0.388 e. The van der Waals surface area contributed by atoms with E-state index in [1.165, 1.54) is 11.6 Å². The van der Waals surface area contributed by atoms with Crippen molar-refractivity contribution in [1.29, 1.82) is 0 Å². The lowest BCUT2D eigenvalue weighted by atomic mass is 9.91. The first-order chi connectivity index (χ1) is 13.6. The molecule has 1 aliphatic rings. The highest BCUT2D eigenvalue weighted by Crippen LogP contribution is 2.24. The molecule has 148 valence electrons. The van der Waals surface area contributed by atoms with Crippen LogP contribution in [0.5, 0.6) is 0 Å². The molecule has 0 saturated carbocycles. The number of benzene rings is 2. The Bertz CT molecular complexity index is 901. The van der Waals surface area contributed by atoms with Gasteiger partial charge in [0.15, 0.2) is 0 Å². The Morgan fingerprint density at radius 1 is 1.11 bits per heavy atom. The van der Waals surface area contributed by atoms with Crippen molar-refractivity contribution in [2.24, 2.45) is 0 Å². The van der Waals surface area contributed by atoms with Crippen molar-refractivity contribution in [3.05, 3.63) is 71.7 Å². The van der Waals surface area contributed by atoms with Crippen molar-refractivity contribution in [3.63, 3.8) is 0 Å². The fourth-order valence-electron chi connectivity index (χ4n) is 4.04. The van der Waals surface area contributed by atoms with Crippen molar-refractivity contribution >= 4 is 10.9 Å². The molecule has 4 rings (SSSR count). The Morgan fingerprint density at radius 2 is 1.89 bits per heavy atom. The Labute approximate surface area is 165 Å². The van der Waals surface area contributed by atoms with Crippen LogP contribution in [0.25, 0.3) is 10.9 Å². The second-order valence-electron chi connectivity index (χ2n) is 7.91. The first kappa shape index (κ1) is 19.1. The van der Waals surface area contributed by atoms with Gasteiger partial charge in [-0.15, -0.1) is 0 Å². The smallest absolute Gasteiger partial charge is 0.123 e. The van der Waals surface area contributed by atoms with Crippen molar-refractivity contribution < 1.29 is 9.50 Å². The molecule has 0 bridgehead atoms. The lowest BCUT2D eigenvalue weighted by Crippen LogP contribution is -2.50. The predicted octanol–water partition coefficient (Wildman–Crippen LogP) is 3.47. The quantitative estimate of drug-likeness (QED) is 0.587. The zero-order chi connectivity index (χ0) is 19.4. The summed E-state index contributed by atoms with van der Waals surface area (Å²) in [5, 5.41) is 15.2. The van der Waals surface area contributed by atoms with Gasteiger partial charge >= 0.3 is 0 Å². The molecule has 1 fully saturated rings. The number of H-pyrrole nitrogens is 1. The summed E-state index contributed by atoms with van der Waals surface area (Å²) >= 11 is 0. The highest BCUT2D eigenvalue weighted by Gasteiger charge is 2.31. The molecule has 2 aromatic carbocycles. The molecule has 3 N–H and O–H groups in total. The highest BCUT2D eigenvalue weighted by atomic mass is 19.1. The van der Waals surface area contributed by atoms with E-state index >= 15 is 0 Å². The lowest BCUT2D eigenvalue weighted by molar-refractivity contribution is -0.0197. The van der Waals surface area contributed by atoms with E-state index in [1.54, 1.807) is 12.1 Å². The number of aromatic amines is 1. The van der Waals surface area contributed by atoms with E-state index in [2.05, 4.69) is 27.3 Å². The zero-order valence-electron chi connectivity index (χ0n) is 16.1. The molecule has 1 aliphatic heterocycles. The van der Waals surface area contributed by atoms with Crippen LogP contribution in [0.4, 0.5) is 4.39 Å². The standard InChI is InChI=1S/C23H28FN3O/c24-20-6-7-22-21(14-20)19(16-26-22)8-11-27-12-9-23(28,10-13-27)17-25-15-18-4-2-1-3-5-18/h1-7,14,16,25-26,28H,8-13,15,17H2. The second-order valence-corrected chi connectivity index (χ2v) is 7.91. The molecule has 2 heterocycles. The number of hydrogen-bond acceptors (Lipinski definition) is 3. The minimum absolute atomic E-state index is 0.195. The summed E-state index contributed by atoms with van der Waals surface area (Å²) in [4.78, 5) is 5.61. The van der Waals surface area contributed by atoms with Crippen LogP contribution in [0.15, 0.2) is 54.7 Å². The van der Waals surface area contributed by atoms with Gasteiger partial charge in [0.1, 0.15) is 5.82 Å². The zero-order valence-corrected chi connectivity index (χ0v) is 16.1. The summed E-state index contributed by atoms with van der Waals surface area (Å²) in [6, 6.07) is 15.1. The molecule has 0 spiro atoms. The highest BCUT2D eigenvalue weighted by molar-refractivity contribution is 5.83. The number of rotatable bonds is 7. The second kappa shape index (κ2) is 8.43. The maximum atomic E-state index is 13.5. The molecule has 0 unspecified atom stereocenters. The van der Waals surface area contributed by atoms with Crippen LogP contribution >= 0.6 is 0 Å². The number of likely N-dealkylation sites (tertiary alicyclic amines) is 1. The summed E-state index contributed by atoms with van der Waals surface area (Å²) in [5.74, 6) is -0.195. The third kappa shape index (κ3) is 4.61. The van der Waals surface area contributed by atoms with Crippen LogP contribution in [0.2, 0.25) is 0 Å². The van der Waals surface area contributed by atoms with Crippen molar-refractivity contribution in [2.75, 3.05) is 26.2 Å². The maximum Gasteiger partial charge on any atom is 0.123 e. The van der Waals surface area contributed by atoms with Gasteiger partial charge in [0.25, 0.3) is 0 Å². The van der Waals surface area contributed by atoms with Gasteiger partial charge in [-0.1, -0.05) is 30.3 Å². The lowest BCUT2D eigenvalue weighted by Gasteiger charge is -2.38.